The van der Waals surface area contributed by atoms with Crippen LogP contribution in [0.1, 0.15) is 6.42 Å². The first-order chi connectivity index (χ1) is 9.05. The highest BCUT2D eigenvalue weighted by molar-refractivity contribution is 7.91. The highest BCUT2D eigenvalue weighted by Crippen LogP contribution is 2.13. The molecule has 0 amide bonds. The number of anilines is 1. The third-order valence-electron chi connectivity index (χ3n) is 3.25. The van der Waals surface area contributed by atoms with Crippen LogP contribution in [0.4, 0.5) is 5.69 Å². The quantitative estimate of drug-likeness (QED) is 0.922. The number of hydrogen-bond donors (Lipinski definition) is 1. The molecule has 0 radical (unpaired) electrons. The second-order valence-corrected chi connectivity index (χ2v) is 7.52. The minimum atomic E-state index is -2.81. The van der Waals surface area contributed by atoms with Crippen molar-refractivity contribution < 1.29 is 8.42 Å². The summed E-state index contributed by atoms with van der Waals surface area (Å²) in [4.78, 5) is 2.20. The van der Waals surface area contributed by atoms with Crippen LogP contribution in [-0.2, 0) is 9.84 Å². The fourth-order valence-electron chi connectivity index (χ4n) is 2.14. The Morgan fingerprint density at radius 1 is 1.16 bits per heavy atom. The van der Waals surface area contributed by atoms with Crippen molar-refractivity contribution in [2.45, 2.75) is 6.42 Å². The molecule has 0 aliphatic carbocycles. The van der Waals surface area contributed by atoms with Crippen LogP contribution in [0, 0.1) is 0 Å². The molecule has 1 aliphatic heterocycles. The molecule has 1 N–H and O–H groups in total. The molecule has 0 unspecified atom stereocenters. The van der Waals surface area contributed by atoms with Gasteiger partial charge in [0.1, 0.15) is 0 Å². The lowest BCUT2D eigenvalue weighted by atomic mass is 10.3. The van der Waals surface area contributed by atoms with Crippen molar-refractivity contribution in [2.24, 2.45) is 0 Å². The molecule has 1 aromatic carbocycles. The zero-order chi connectivity index (χ0) is 13.7. The second-order valence-electron chi connectivity index (χ2n) is 4.78. The molecule has 0 atom stereocenters. The number of nitrogens with one attached hydrogen (secondary N) is 1. The van der Waals surface area contributed by atoms with Crippen LogP contribution in [0.3, 0.4) is 0 Å². The predicted octanol–water partition coefficient (Wildman–Crippen LogP) is 1.87. The van der Waals surface area contributed by atoms with Crippen molar-refractivity contribution in [2.75, 3.05) is 43.0 Å². The summed E-state index contributed by atoms with van der Waals surface area (Å²) >= 11 is 5.82. The van der Waals surface area contributed by atoms with E-state index in [0.29, 0.717) is 12.3 Å². The zero-order valence-electron chi connectivity index (χ0n) is 10.8. The lowest BCUT2D eigenvalue weighted by Crippen LogP contribution is -2.31. The van der Waals surface area contributed by atoms with Crippen LogP contribution >= 0.6 is 11.6 Å². The number of nitrogens with zero attached hydrogens (tertiary/aromatic N) is 1. The molecular weight excluding hydrogens is 284 g/mol. The van der Waals surface area contributed by atoms with E-state index in [1.807, 2.05) is 24.3 Å². The van der Waals surface area contributed by atoms with Crippen LogP contribution in [0.5, 0.6) is 0 Å². The number of sulfone groups is 1. The summed E-state index contributed by atoms with van der Waals surface area (Å²) < 4.78 is 23.0. The molecular formula is C13H19ClN2O2S. The molecule has 1 saturated heterocycles. The van der Waals surface area contributed by atoms with E-state index < -0.39 is 9.84 Å². The van der Waals surface area contributed by atoms with E-state index in [4.69, 9.17) is 11.6 Å². The van der Waals surface area contributed by atoms with E-state index in [0.717, 1.165) is 36.8 Å². The van der Waals surface area contributed by atoms with Crippen LogP contribution < -0.4 is 5.32 Å². The zero-order valence-corrected chi connectivity index (χ0v) is 12.4. The summed E-state index contributed by atoms with van der Waals surface area (Å²) in [6.07, 6.45) is 0.739. The molecule has 0 spiro atoms. The van der Waals surface area contributed by atoms with Gasteiger partial charge in [0.2, 0.25) is 0 Å². The Balaban J connectivity index is 1.75. The summed E-state index contributed by atoms with van der Waals surface area (Å²) in [5, 5.41) is 4.04. The highest BCUT2D eigenvalue weighted by Gasteiger charge is 2.18. The molecule has 19 heavy (non-hydrogen) atoms. The highest BCUT2D eigenvalue weighted by atomic mass is 35.5. The first-order valence-electron chi connectivity index (χ1n) is 6.47. The first-order valence-corrected chi connectivity index (χ1v) is 8.67. The molecule has 106 valence electrons. The standard InChI is InChI=1S/C13H19ClN2O2S/c14-12-2-4-13(5-3-12)15-6-8-16-7-1-10-19(17,18)11-9-16/h2-5,15H,1,6-11H2. The molecule has 4 nitrogen and oxygen atoms in total. The Labute approximate surface area is 119 Å². The van der Waals surface area contributed by atoms with Gasteiger partial charge in [0.05, 0.1) is 11.5 Å². The van der Waals surface area contributed by atoms with Gasteiger partial charge in [-0.25, -0.2) is 8.42 Å². The normalized spacial score (nSPS) is 19.8. The number of hydrogen-bond acceptors (Lipinski definition) is 4. The molecule has 0 aromatic heterocycles. The van der Waals surface area contributed by atoms with E-state index in [9.17, 15) is 8.42 Å². The van der Waals surface area contributed by atoms with Crippen molar-refractivity contribution in [3.63, 3.8) is 0 Å². The van der Waals surface area contributed by atoms with Crippen LogP contribution in [0.2, 0.25) is 5.02 Å². The Hall–Kier alpha value is -0.780. The van der Waals surface area contributed by atoms with Gasteiger partial charge >= 0.3 is 0 Å². The van der Waals surface area contributed by atoms with Gasteiger partial charge in [-0.05, 0) is 37.2 Å². The Morgan fingerprint density at radius 3 is 2.63 bits per heavy atom. The number of rotatable bonds is 4. The van der Waals surface area contributed by atoms with Crippen molar-refractivity contribution in [1.82, 2.24) is 4.90 Å². The van der Waals surface area contributed by atoms with Crippen molar-refractivity contribution in [3.8, 4) is 0 Å². The maximum Gasteiger partial charge on any atom is 0.151 e. The van der Waals surface area contributed by atoms with Gasteiger partial charge in [-0.2, -0.15) is 0 Å². The van der Waals surface area contributed by atoms with Crippen LogP contribution in [-0.4, -0.2) is 51.0 Å². The maximum absolute atomic E-state index is 11.5. The number of benzene rings is 1. The molecule has 1 heterocycles. The van der Waals surface area contributed by atoms with Crippen molar-refractivity contribution in [1.29, 1.82) is 0 Å². The SMILES string of the molecule is O=S1(=O)CCCN(CCNc2ccc(Cl)cc2)CC1. The summed E-state index contributed by atoms with van der Waals surface area (Å²) in [6, 6.07) is 7.58. The topological polar surface area (TPSA) is 49.4 Å². The molecule has 1 aliphatic rings. The largest absolute Gasteiger partial charge is 0.384 e. The summed E-state index contributed by atoms with van der Waals surface area (Å²) in [6.45, 7) is 3.17. The molecule has 1 fully saturated rings. The molecule has 6 heteroatoms. The Bertz CT molecular complexity index is 502. The van der Waals surface area contributed by atoms with Gasteiger partial charge in [-0.15, -0.1) is 0 Å². The summed E-state index contributed by atoms with van der Waals surface area (Å²) in [7, 11) is -2.81. The van der Waals surface area contributed by atoms with Crippen LogP contribution in [0.25, 0.3) is 0 Å². The Kier molecular flexibility index (Phi) is 5.07. The molecule has 1 aromatic rings. The van der Waals surface area contributed by atoms with Gasteiger partial charge in [0.25, 0.3) is 0 Å². The van der Waals surface area contributed by atoms with E-state index in [1.165, 1.54) is 0 Å². The van der Waals surface area contributed by atoms with Gasteiger partial charge in [0, 0.05) is 30.3 Å². The third-order valence-corrected chi connectivity index (χ3v) is 5.22. The lowest BCUT2D eigenvalue weighted by molar-refractivity contribution is 0.307. The number of halogens is 1. The monoisotopic (exact) mass is 302 g/mol. The first kappa shape index (κ1) is 14.6. The average molecular weight is 303 g/mol. The molecule has 2 rings (SSSR count). The molecule has 0 saturated carbocycles. The lowest BCUT2D eigenvalue weighted by Gasteiger charge is -2.19. The van der Waals surface area contributed by atoms with Gasteiger partial charge in [-0.3, -0.25) is 0 Å². The fraction of sp³-hybridized carbons (Fsp3) is 0.538. The smallest absolute Gasteiger partial charge is 0.151 e. The van der Waals surface area contributed by atoms with Crippen molar-refractivity contribution in [3.05, 3.63) is 29.3 Å². The Morgan fingerprint density at radius 2 is 1.89 bits per heavy atom. The predicted molar refractivity (Wildman–Crippen MR) is 79.7 cm³/mol. The minimum absolute atomic E-state index is 0.286. The van der Waals surface area contributed by atoms with Crippen molar-refractivity contribution >= 4 is 27.1 Å². The minimum Gasteiger partial charge on any atom is -0.384 e. The van der Waals surface area contributed by atoms with Gasteiger partial charge < -0.3 is 10.2 Å². The van der Waals surface area contributed by atoms with Gasteiger partial charge in [-0.1, -0.05) is 11.6 Å². The van der Waals surface area contributed by atoms with E-state index >= 15 is 0 Å². The van der Waals surface area contributed by atoms with Crippen LogP contribution in [0.15, 0.2) is 24.3 Å². The van der Waals surface area contributed by atoms with E-state index in [2.05, 4.69) is 10.2 Å². The maximum atomic E-state index is 11.5. The molecule has 0 bridgehead atoms. The van der Waals surface area contributed by atoms with E-state index in [-0.39, 0.29) is 5.75 Å². The average Bonchev–Trinajstić information content (AvgIpc) is 2.53. The second kappa shape index (κ2) is 6.59. The summed E-state index contributed by atoms with van der Waals surface area (Å²) in [5.41, 5.74) is 1.03. The fourth-order valence-corrected chi connectivity index (χ4v) is 3.58. The van der Waals surface area contributed by atoms with E-state index in [1.54, 1.807) is 0 Å². The summed E-state index contributed by atoms with van der Waals surface area (Å²) in [5.74, 6) is 0.613. The third kappa shape index (κ3) is 5.01. The van der Waals surface area contributed by atoms with Gasteiger partial charge in [0.15, 0.2) is 9.84 Å².